The van der Waals surface area contributed by atoms with Gasteiger partial charge in [-0.1, -0.05) is 13.8 Å². The van der Waals surface area contributed by atoms with Gasteiger partial charge in [0, 0.05) is 18.4 Å². The Bertz CT molecular complexity index is 281. The van der Waals surface area contributed by atoms with Crippen molar-refractivity contribution in [3.63, 3.8) is 0 Å². The average Bonchev–Trinajstić information content (AvgIpc) is 2.69. The maximum Gasteiger partial charge on any atom is 0.120 e. The number of H-pyrrole nitrogens is 1. The highest BCUT2D eigenvalue weighted by Crippen LogP contribution is 2.28. The van der Waals surface area contributed by atoms with Gasteiger partial charge >= 0.3 is 0 Å². The topological polar surface area (TPSA) is 40.7 Å². The van der Waals surface area contributed by atoms with Crippen LogP contribution in [0.3, 0.4) is 0 Å². The Morgan fingerprint density at radius 3 is 3.00 bits per heavy atom. The fourth-order valence-corrected chi connectivity index (χ4v) is 2.59. The van der Waals surface area contributed by atoms with Crippen LogP contribution in [-0.2, 0) is 6.54 Å². The van der Waals surface area contributed by atoms with Gasteiger partial charge < -0.3 is 10.3 Å². The normalized spacial score (nSPS) is 31.7. The lowest BCUT2D eigenvalue weighted by Crippen LogP contribution is -2.38. The van der Waals surface area contributed by atoms with E-state index in [0.717, 1.165) is 24.2 Å². The number of nitrogens with one attached hydrogen (secondary N) is 2. The minimum Gasteiger partial charge on any atom is -0.348 e. The van der Waals surface area contributed by atoms with Crippen molar-refractivity contribution in [1.82, 2.24) is 15.3 Å². The van der Waals surface area contributed by atoms with Crippen LogP contribution < -0.4 is 5.32 Å². The van der Waals surface area contributed by atoms with E-state index in [9.17, 15) is 0 Å². The van der Waals surface area contributed by atoms with Gasteiger partial charge in [-0.2, -0.15) is 0 Å². The Morgan fingerprint density at radius 1 is 1.47 bits per heavy atom. The molecule has 0 bridgehead atoms. The molecule has 0 aromatic carbocycles. The quantitative estimate of drug-likeness (QED) is 0.798. The molecule has 1 saturated carbocycles. The summed E-state index contributed by atoms with van der Waals surface area (Å²) in [6, 6.07) is 0.672. The van der Waals surface area contributed by atoms with Gasteiger partial charge in [0.25, 0.3) is 0 Å². The molecular formula is C12H21N3. The van der Waals surface area contributed by atoms with Crippen molar-refractivity contribution in [3.05, 3.63) is 18.2 Å². The van der Waals surface area contributed by atoms with E-state index < -0.39 is 0 Å². The molecule has 1 aromatic rings. The number of aromatic nitrogens is 2. The van der Waals surface area contributed by atoms with Crippen LogP contribution in [0.15, 0.2) is 12.4 Å². The second-order valence-corrected chi connectivity index (χ2v) is 4.92. The lowest BCUT2D eigenvalue weighted by Gasteiger charge is -2.33. The highest BCUT2D eigenvalue weighted by molar-refractivity contribution is 4.88. The van der Waals surface area contributed by atoms with Gasteiger partial charge in [-0.3, -0.25) is 0 Å². The standard InChI is InChI=1S/C12H21N3/c1-9-3-4-11(10(2)7-9)15-8-12-13-5-6-14-12/h5-6,9-11,15H,3-4,7-8H2,1-2H3,(H,13,14). The zero-order valence-electron chi connectivity index (χ0n) is 9.66. The highest BCUT2D eigenvalue weighted by Gasteiger charge is 2.24. The fourth-order valence-electron chi connectivity index (χ4n) is 2.59. The number of hydrogen-bond donors (Lipinski definition) is 2. The number of aromatic amines is 1. The van der Waals surface area contributed by atoms with Crippen LogP contribution in [0.25, 0.3) is 0 Å². The first-order valence-electron chi connectivity index (χ1n) is 5.97. The summed E-state index contributed by atoms with van der Waals surface area (Å²) < 4.78 is 0. The molecule has 3 atom stereocenters. The number of imidazole rings is 1. The Labute approximate surface area is 91.7 Å². The molecule has 1 fully saturated rings. The van der Waals surface area contributed by atoms with E-state index in [1.807, 2.05) is 12.4 Å². The molecule has 0 saturated heterocycles. The van der Waals surface area contributed by atoms with Crippen LogP contribution in [0.4, 0.5) is 0 Å². The van der Waals surface area contributed by atoms with Gasteiger partial charge in [0.1, 0.15) is 5.82 Å². The Balaban J connectivity index is 1.79. The van der Waals surface area contributed by atoms with Crippen LogP contribution in [0.1, 0.15) is 38.9 Å². The summed E-state index contributed by atoms with van der Waals surface area (Å²) in [5.41, 5.74) is 0. The van der Waals surface area contributed by atoms with E-state index in [1.54, 1.807) is 0 Å². The fraction of sp³-hybridized carbons (Fsp3) is 0.750. The molecule has 0 spiro atoms. The minimum atomic E-state index is 0.672. The summed E-state index contributed by atoms with van der Waals surface area (Å²) in [7, 11) is 0. The summed E-state index contributed by atoms with van der Waals surface area (Å²) in [6.07, 6.45) is 7.71. The van der Waals surface area contributed by atoms with E-state index >= 15 is 0 Å². The third-order valence-corrected chi connectivity index (χ3v) is 3.52. The minimum absolute atomic E-state index is 0.672. The molecule has 2 N–H and O–H groups in total. The molecule has 1 aliphatic carbocycles. The molecule has 0 amide bonds. The lowest BCUT2D eigenvalue weighted by atomic mass is 9.80. The predicted octanol–water partition coefficient (Wildman–Crippen LogP) is 2.32. The Morgan fingerprint density at radius 2 is 2.33 bits per heavy atom. The van der Waals surface area contributed by atoms with E-state index in [2.05, 4.69) is 29.1 Å². The molecule has 1 aliphatic rings. The smallest absolute Gasteiger partial charge is 0.120 e. The average molecular weight is 207 g/mol. The van der Waals surface area contributed by atoms with E-state index in [4.69, 9.17) is 0 Å². The maximum atomic E-state index is 4.22. The maximum absolute atomic E-state index is 4.22. The molecule has 15 heavy (non-hydrogen) atoms. The van der Waals surface area contributed by atoms with Gasteiger partial charge in [-0.15, -0.1) is 0 Å². The van der Waals surface area contributed by atoms with Crippen molar-refractivity contribution < 1.29 is 0 Å². The van der Waals surface area contributed by atoms with Gasteiger partial charge in [0.15, 0.2) is 0 Å². The van der Waals surface area contributed by atoms with Crippen molar-refractivity contribution in [3.8, 4) is 0 Å². The van der Waals surface area contributed by atoms with Gasteiger partial charge in [-0.25, -0.2) is 4.98 Å². The number of hydrogen-bond acceptors (Lipinski definition) is 2. The van der Waals surface area contributed by atoms with Crippen LogP contribution >= 0.6 is 0 Å². The molecule has 3 nitrogen and oxygen atoms in total. The zero-order valence-corrected chi connectivity index (χ0v) is 9.66. The van der Waals surface area contributed by atoms with E-state index in [-0.39, 0.29) is 0 Å². The van der Waals surface area contributed by atoms with Crippen molar-refractivity contribution in [2.45, 2.75) is 45.7 Å². The summed E-state index contributed by atoms with van der Waals surface area (Å²) in [5.74, 6) is 2.74. The van der Waals surface area contributed by atoms with Crippen molar-refractivity contribution >= 4 is 0 Å². The summed E-state index contributed by atoms with van der Waals surface area (Å²) in [5, 5.41) is 3.60. The third kappa shape index (κ3) is 2.81. The highest BCUT2D eigenvalue weighted by atomic mass is 15.0. The lowest BCUT2D eigenvalue weighted by molar-refractivity contribution is 0.226. The van der Waals surface area contributed by atoms with Crippen molar-refractivity contribution in [2.75, 3.05) is 0 Å². The van der Waals surface area contributed by atoms with Gasteiger partial charge in [-0.05, 0) is 31.1 Å². The van der Waals surface area contributed by atoms with Crippen LogP contribution in [0, 0.1) is 11.8 Å². The molecule has 1 aromatic heterocycles. The molecule has 84 valence electrons. The van der Waals surface area contributed by atoms with Crippen LogP contribution in [0.2, 0.25) is 0 Å². The Kier molecular flexibility index (Phi) is 3.41. The predicted molar refractivity (Wildman–Crippen MR) is 61.4 cm³/mol. The molecule has 1 heterocycles. The SMILES string of the molecule is CC1CCC(NCc2ncc[nH]2)C(C)C1. The number of rotatable bonds is 3. The van der Waals surface area contributed by atoms with Crippen LogP contribution in [0.5, 0.6) is 0 Å². The monoisotopic (exact) mass is 207 g/mol. The Hall–Kier alpha value is -0.830. The molecular weight excluding hydrogens is 186 g/mol. The summed E-state index contributed by atoms with van der Waals surface area (Å²) in [6.45, 7) is 5.59. The molecule has 3 unspecified atom stereocenters. The first kappa shape index (κ1) is 10.7. The van der Waals surface area contributed by atoms with Crippen molar-refractivity contribution in [1.29, 1.82) is 0 Å². The first-order chi connectivity index (χ1) is 7.25. The number of nitrogens with zero attached hydrogens (tertiary/aromatic N) is 1. The largest absolute Gasteiger partial charge is 0.348 e. The van der Waals surface area contributed by atoms with E-state index in [0.29, 0.717) is 6.04 Å². The van der Waals surface area contributed by atoms with Crippen molar-refractivity contribution in [2.24, 2.45) is 11.8 Å². The molecule has 0 aliphatic heterocycles. The van der Waals surface area contributed by atoms with E-state index in [1.165, 1.54) is 19.3 Å². The molecule has 3 heteroatoms. The van der Waals surface area contributed by atoms with Gasteiger partial charge in [0.05, 0.1) is 6.54 Å². The van der Waals surface area contributed by atoms with Gasteiger partial charge in [0.2, 0.25) is 0 Å². The zero-order chi connectivity index (χ0) is 10.7. The second kappa shape index (κ2) is 4.79. The third-order valence-electron chi connectivity index (χ3n) is 3.52. The molecule has 2 rings (SSSR count). The summed E-state index contributed by atoms with van der Waals surface area (Å²) >= 11 is 0. The second-order valence-electron chi connectivity index (χ2n) is 4.92. The first-order valence-corrected chi connectivity index (χ1v) is 5.97. The van der Waals surface area contributed by atoms with Crippen LogP contribution in [-0.4, -0.2) is 16.0 Å². The summed E-state index contributed by atoms with van der Waals surface area (Å²) in [4.78, 5) is 7.35. The molecule has 0 radical (unpaired) electrons.